The average molecular weight is 343 g/mol. The van der Waals surface area contributed by atoms with Crippen molar-refractivity contribution in [3.05, 3.63) is 16.6 Å². The van der Waals surface area contributed by atoms with Crippen LogP contribution in [0.1, 0.15) is 6.92 Å². The molecule has 1 aromatic carbocycles. The van der Waals surface area contributed by atoms with Crippen LogP contribution < -0.4 is 15.4 Å². The summed E-state index contributed by atoms with van der Waals surface area (Å²) in [5.41, 5.74) is 1.17. The van der Waals surface area contributed by atoms with Gasteiger partial charge in [0.25, 0.3) is 5.91 Å². The molecule has 2 rings (SSSR count). The lowest BCUT2D eigenvalue weighted by Gasteiger charge is -2.20. The molecule has 0 aliphatic carbocycles. The van der Waals surface area contributed by atoms with E-state index in [1.165, 1.54) is 0 Å². The van der Waals surface area contributed by atoms with Crippen molar-refractivity contribution in [2.75, 3.05) is 31.0 Å². The Labute approximate surface area is 124 Å². The molecule has 0 saturated heterocycles. The van der Waals surface area contributed by atoms with E-state index >= 15 is 0 Å². The van der Waals surface area contributed by atoms with E-state index in [9.17, 15) is 9.59 Å². The zero-order valence-corrected chi connectivity index (χ0v) is 12.7. The first-order valence-corrected chi connectivity index (χ1v) is 6.86. The molecule has 0 spiro atoms. The number of amides is 2. The fraction of sp³-hybridized carbons (Fsp3) is 0.385. The van der Waals surface area contributed by atoms with Crippen molar-refractivity contribution in [1.29, 1.82) is 0 Å². The summed E-state index contributed by atoms with van der Waals surface area (Å²) in [5.74, 6) is -0.0757. The van der Waals surface area contributed by atoms with E-state index in [-0.39, 0.29) is 24.3 Å². The molecule has 2 amide bonds. The van der Waals surface area contributed by atoms with Crippen LogP contribution in [-0.4, -0.2) is 32.1 Å². The van der Waals surface area contributed by atoms with Gasteiger partial charge in [-0.3, -0.25) is 9.59 Å². The lowest BCUT2D eigenvalue weighted by atomic mass is 10.1. The fourth-order valence-corrected chi connectivity index (χ4v) is 2.22. The van der Waals surface area contributed by atoms with Gasteiger partial charge in [0, 0.05) is 17.6 Å². The van der Waals surface area contributed by atoms with Gasteiger partial charge in [0.1, 0.15) is 5.75 Å². The van der Waals surface area contributed by atoms with Crippen LogP contribution in [0.25, 0.3) is 0 Å². The number of rotatable bonds is 4. The number of methoxy groups -OCH3 is 1. The van der Waals surface area contributed by atoms with Gasteiger partial charge in [-0.2, -0.15) is 0 Å². The number of halogens is 1. The Morgan fingerprint density at radius 1 is 1.60 bits per heavy atom. The van der Waals surface area contributed by atoms with Crippen molar-refractivity contribution >= 4 is 39.1 Å². The predicted octanol–water partition coefficient (Wildman–Crippen LogP) is 2.00. The van der Waals surface area contributed by atoms with Gasteiger partial charge in [-0.25, -0.2) is 0 Å². The number of hydrogen-bond donors (Lipinski definition) is 2. The second-order valence-corrected chi connectivity index (χ2v) is 5.37. The molecule has 108 valence electrons. The highest BCUT2D eigenvalue weighted by Crippen LogP contribution is 2.36. The number of hydrogen-bond acceptors (Lipinski definition) is 4. The first kappa shape index (κ1) is 14.8. The largest absolute Gasteiger partial charge is 0.482 e. The molecule has 1 heterocycles. The molecular formula is C13H15BrN2O4. The van der Waals surface area contributed by atoms with Gasteiger partial charge >= 0.3 is 0 Å². The van der Waals surface area contributed by atoms with E-state index in [2.05, 4.69) is 26.6 Å². The van der Waals surface area contributed by atoms with Crippen molar-refractivity contribution in [1.82, 2.24) is 0 Å². The highest BCUT2D eigenvalue weighted by Gasteiger charge is 2.20. The highest BCUT2D eigenvalue weighted by molar-refractivity contribution is 9.10. The second-order valence-electron chi connectivity index (χ2n) is 4.51. The van der Waals surface area contributed by atoms with Crippen LogP contribution in [-0.2, 0) is 14.3 Å². The molecule has 1 aliphatic heterocycles. The standard InChI is InChI=1S/C13H15BrN2O4/c1-7(5-19-2)13(18)16-9-4-11-10(3-8(9)14)15-12(17)6-20-11/h3-4,7H,5-6H2,1-2H3,(H,15,17)(H,16,18)/t7-/m1/s1. The Morgan fingerprint density at radius 2 is 2.35 bits per heavy atom. The number of fused-ring (bicyclic) bond motifs is 1. The minimum absolute atomic E-state index is 0.0257. The van der Waals surface area contributed by atoms with Gasteiger partial charge in [-0.15, -0.1) is 0 Å². The van der Waals surface area contributed by atoms with E-state index in [0.717, 1.165) is 0 Å². The van der Waals surface area contributed by atoms with Crippen LogP contribution in [0.15, 0.2) is 16.6 Å². The number of ether oxygens (including phenoxy) is 2. The van der Waals surface area contributed by atoms with Crippen LogP contribution in [0.4, 0.5) is 11.4 Å². The van der Waals surface area contributed by atoms with Gasteiger partial charge in [0.2, 0.25) is 5.91 Å². The SMILES string of the molecule is COC[C@@H](C)C(=O)Nc1cc2c(cc1Br)NC(=O)CO2. The monoisotopic (exact) mass is 342 g/mol. The summed E-state index contributed by atoms with van der Waals surface area (Å²) in [6, 6.07) is 3.37. The van der Waals surface area contributed by atoms with E-state index in [0.29, 0.717) is 28.2 Å². The molecule has 0 bridgehead atoms. The Hall–Kier alpha value is -1.60. The lowest BCUT2D eigenvalue weighted by Crippen LogP contribution is -2.26. The van der Waals surface area contributed by atoms with E-state index in [4.69, 9.17) is 9.47 Å². The molecule has 1 aromatic rings. The third-order valence-electron chi connectivity index (χ3n) is 2.82. The molecule has 0 saturated carbocycles. The van der Waals surface area contributed by atoms with Crippen molar-refractivity contribution < 1.29 is 19.1 Å². The molecule has 1 aliphatic rings. The zero-order chi connectivity index (χ0) is 14.7. The Balaban J connectivity index is 2.17. The van der Waals surface area contributed by atoms with Crippen LogP contribution >= 0.6 is 15.9 Å². The molecule has 1 atom stereocenters. The van der Waals surface area contributed by atoms with Crippen molar-refractivity contribution in [2.24, 2.45) is 5.92 Å². The van der Waals surface area contributed by atoms with E-state index in [1.54, 1.807) is 26.2 Å². The molecule has 0 fully saturated rings. The summed E-state index contributed by atoms with van der Waals surface area (Å²) in [4.78, 5) is 23.2. The third-order valence-corrected chi connectivity index (χ3v) is 3.48. The lowest BCUT2D eigenvalue weighted by molar-refractivity contribution is -0.121. The number of carbonyl (C=O) groups is 2. The maximum Gasteiger partial charge on any atom is 0.262 e. The van der Waals surface area contributed by atoms with E-state index in [1.807, 2.05) is 0 Å². The number of nitrogens with one attached hydrogen (secondary N) is 2. The molecular weight excluding hydrogens is 328 g/mol. The van der Waals surface area contributed by atoms with Gasteiger partial charge < -0.3 is 20.1 Å². The zero-order valence-electron chi connectivity index (χ0n) is 11.2. The number of benzene rings is 1. The minimum Gasteiger partial charge on any atom is -0.482 e. The first-order valence-electron chi connectivity index (χ1n) is 6.07. The maximum atomic E-state index is 12.0. The van der Waals surface area contributed by atoms with Crippen LogP contribution in [0.3, 0.4) is 0 Å². The van der Waals surface area contributed by atoms with Crippen molar-refractivity contribution in [3.8, 4) is 5.75 Å². The summed E-state index contributed by atoms with van der Waals surface area (Å²) >= 11 is 3.36. The van der Waals surface area contributed by atoms with Crippen LogP contribution in [0.5, 0.6) is 5.75 Å². The van der Waals surface area contributed by atoms with Gasteiger partial charge in [-0.05, 0) is 22.0 Å². The molecule has 20 heavy (non-hydrogen) atoms. The summed E-state index contributed by atoms with van der Waals surface area (Å²) in [6.45, 7) is 2.10. The van der Waals surface area contributed by atoms with Crippen molar-refractivity contribution in [3.63, 3.8) is 0 Å². The molecule has 7 heteroatoms. The fourth-order valence-electron chi connectivity index (χ4n) is 1.78. The topological polar surface area (TPSA) is 76.7 Å². The molecule has 0 aromatic heterocycles. The third kappa shape index (κ3) is 3.29. The Bertz CT molecular complexity index is 547. The summed E-state index contributed by atoms with van der Waals surface area (Å²) in [5, 5.41) is 5.50. The second kappa shape index (κ2) is 6.23. The molecule has 0 radical (unpaired) electrons. The van der Waals surface area contributed by atoms with Gasteiger partial charge in [-0.1, -0.05) is 6.92 Å². The predicted molar refractivity (Wildman–Crippen MR) is 77.9 cm³/mol. The number of anilines is 2. The smallest absolute Gasteiger partial charge is 0.262 e. The van der Waals surface area contributed by atoms with Gasteiger partial charge in [0.15, 0.2) is 6.61 Å². The normalized spacial score (nSPS) is 14.8. The molecule has 0 unspecified atom stereocenters. The summed E-state index contributed by atoms with van der Waals surface area (Å²) < 4.78 is 10.9. The van der Waals surface area contributed by atoms with Crippen LogP contribution in [0.2, 0.25) is 0 Å². The first-order chi connectivity index (χ1) is 9.51. The highest BCUT2D eigenvalue weighted by atomic mass is 79.9. The molecule has 6 nitrogen and oxygen atoms in total. The quantitative estimate of drug-likeness (QED) is 0.877. The summed E-state index contributed by atoms with van der Waals surface area (Å²) in [7, 11) is 1.55. The van der Waals surface area contributed by atoms with Crippen molar-refractivity contribution in [2.45, 2.75) is 6.92 Å². The van der Waals surface area contributed by atoms with Gasteiger partial charge in [0.05, 0.1) is 23.9 Å². The Kier molecular flexibility index (Phi) is 4.61. The molecule has 2 N–H and O–H groups in total. The number of carbonyl (C=O) groups excluding carboxylic acids is 2. The summed E-state index contributed by atoms with van der Waals surface area (Å²) in [6.07, 6.45) is 0. The maximum absolute atomic E-state index is 12.0. The van der Waals surface area contributed by atoms with Crippen LogP contribution in [0, 0.1) is 5.92 Å². The van der Waals surface area contributed by atoms with E-state index < -0.39 is 0 Å². The minimum atomic E-state index is -0.261. The Morgan fingerprint density at radius 3 is 3.05 bits per heavy atom. The average Bonchev–Trinajstić information content (AvgIpc) is 2.40.